The second-order valence-corrected chi connectivity index (χ2v) is 6.64. The summed E-state index contributed by atoms with van der Waals surface area (Å²) in [5, 5.41) is 3.04. The fourth-order valence-electron chi connectivity index (χ4n) is 3.22. The third-order valence-electron chi connectivity index (χ3n) is 4.71. The highest BCUT2D eigenvalue weighted by Gasteiger charge is 2.16. The maximum absolute atomic E-state index is 12.3. The smallest absolute Gasteiger partial charge is 0.239 e. The van der Waals surface area contributed by atoms with Crippen LogP contribution in [0.25, 0.3) is 0 Å². The van der Waals surface area contributed by atoms with Crippen molar-refractivity contribution < 1.29 is 14.3 Å². The van der Waals surface area contributed by atoms with E-state index >= 15 is 0 Å². The van der Waals surface area contributed by atoms with Crippen LogP contribution in [0.4, 0.5) is 5.69 Å². The van der Waals surface area contributed by atoms with E-state index in [4.69, 9.17) is 10.5 Å². The SMILES string of the molecule is COc1ccc(N(CCC(N)=O)CC(=O)NCC2CCCCC2)cc1. The minimum atomic E-state index is -0.374. The summed E-state index contributed by atoms with van der Waals surface area (Å²) in [6.45, 7) is 1.37. The molecule has 0 radical (unpaired) electrons. The first-order chi connectivity index (χ1) is 12.1. The van der Waals surface area contributed by atoms with E-state index in [0.717, 1.165) is 18.0 Å². The van der Waals surface area contributed by atoms with Gasteiger partial charge >= 0.3 is 0 Å². The first-order valence-electron chi connectivity index (χ1n) is 9.02. The molecule has 1 fully saturated rings. The topological polar surface area (TPSA) is 84.7 Å². The molecule has 0 aromatic heterocycles. The number of nitrogens with zero attached hydrogens (tertiary/aromatic N) is 1. The summed E-state index contributed by atoms with van der Waals surface area (Å²) in [7, 11) is 1.61. The van der Waals surface area contributed by atoms with Crippen LogP contribution in [-0.2, 0) is 9.59 Å². The van der Waals surface area contributed by atoms with Gasteiger partial charge in [-0.25, -0.2) is 0 Å². The monoisotopic (exact) mass is 347 g/mol. The van der Waals surface area contributed by atoms with Gasteiger partial charge in [-0.1, -0.05) is 19.3 Å². The number of hydrogen-bond acceptors (Lipinski definition) is 4. The number of carbonyl (C=O) groups excluding carboxylic acids is 2. The Morgan fingerprint density at radius 1 is 1.20 bits per heavy atom. The van der Waals surface area contributed by atoms with Crippen LogP contribution in [-0.4, -0.2) is 38.6 Å². The quantitative estimate of drug-likeness (QED) is 0.716. The Bertz CT molecular complexity index is 554. The van der Waals surface area contributed by atoms with E-state index in [9.17, 15) is 9.59 Å². The van der Waals surface area contributed by atoms with Crippen LogP contribution >= 0.6 is 0 Å². The van der Waals surface area contributed by atoms with E-state index < -0.39 is 0 Å². The number of rotatable bonds is 9. The van der Waals surface area contributed by atoms with Crippen LogP contribution in [0.2, 0.25) is 0 Å². The predicted octanol–water partition coefficient (Wildman–Crippen LogP) is 2.07. The number of anilines is 1. The van der Waals surface area contributed by atoms with Crippen molar-refractivity contribution in [2.75, 3.05) is 31.6 Å². The van der Waals surface area contributed by atoms with Gasteiger partial charge in [-0.15, -0.1) is 0 Å². The number of nitrogens with two attached hydrogens (primary N) is 1. The Balaban J connectivity index is 1.91. The summed E-state index contributed by atoms with van der Waals surface area (Å²) in [5.41, 5.74) is 6.14. The van der Waals surface area contributed by atoms with Crippen LogP contribution < -0.4 is 20.7 Å². The molecule has 1 aromatic rings. The molecule has 1 aliphatic carbocycles. The molecule has 1 aliphatic rings. The van der Waals surface area contributed by atoms with Crippen molar-refractivity contribution in [1.82, 2.24) is 5.32 Å². The van der Waals surface area contributed by atoms with Gasteiger partial charge in [-0.05, 0) is 43.0 Å². The number of primary amides is 1. The molecule has 0 aliphatic heterocycles. The van der Waals surface area contributed by atoms with E-state index in [2.05, 4.69) is 5.32 Å². The van der Waals surface area contributed by atoms with Crippen molar-refractivity contribution in [2.24, 2.45) is 11.7 Å². The number of ether oxygens (including phenoxy) is 1. The standard InChI is InChI=1S/C19H29N3O3/c1-25-17-9-7-16(8-10-17)22(12-11-18(20)23)14-19(24)21-13-15-5-3-2-4-6-15/h7-10,15H,2-6,11-14H2,1H3,(H2,20,23)(H,21,24). The second-order valence-electron chi connectivity index (χ2n) is 6.64. The van der Waals surface area contributed by atoms with Crippen molar-refractivity contribution in [3.8, 4) is 5.75 Å². The number of amides is 2. The fourth-order valence-corrected chi connectivity index (χ4v) is 3.22. The summed E-state index contributed by atoms with van der Waals surface area (Å²) in [5.74, 6) is 0.949. The molecule has 1 saturated carbocycles. The molecule has 0 saturated heterocycles. The van der Waals surface area contributed by atoms with Gasteiger partial charge in [-0.3, -0.25) is 9.59 Å². The highest BCUT2D eigenvalue weighted by molar-refractivity contribution is 5.82. The van der Waals surface area contributed by atoms with E-state index in [0.29, 0.717) is 12.5 Å². The molecule has 6 nitrogen and oxygen atoms in total. The minimum absolute atomic E-state index is 0.0224. The molecular weight excluding hydrogens is 318 g/mol. The third-order valence-corrected chi connectivity index (χ3v) is 4.71. The van der Waals surface area contributed by atoms with Gasteiger partial charge in [0.25, 0.3) is 0 Å². The Morgan fingerprint density at radius 2 is 1.88 bits per heavy atom. The number of benzene rings is 1. The van der Waals surface area contributed by atoms with Crippen LogP contribution in [0.1, 0.15) is 38.5 Å². The lowest BCUT2D eigenvalue weighted by atomic mass is 9.89. The van der Waals surface area contributed by atoms with Crippen LogP contribution in [0, 0.1) is 5.92 Å². The van der Waals surface area contributed by atoms with Gasteiger partial charge < -0.3 is 20.7 Å². The van der Waals surface area contributed by atoms with Gasteiger partial charge in [0.05, 0.1) is 13.7 Å². The van der Waals surface area contributed by atoms with Gasteiger partial charge in [0.2, 0.25) is 11.8 Å². The van der Waals surface area contributed by atoms with Gasteiger partial charge in [0, 0.05) is 25.2 Å². The summed E-state index contributed by atoms with van der Waals surface area (Å²) in [6, 6.07) is 7.45. The lowest BCUT2D eigenvalue weighted by molar-refractivity contribution is -0.120. The molecular formula is C19H29N3O3. The normalized spacial score (nSPS) is 14.8. The lowest BCUT2D eigenvalue weighted by Crippen LogP contribution is -2.40. The molecule has 3 N–H and O–H groups in total. The molecule has 25 heavy (non-hydrogen) atoms. The molecule has 0 bridgehead atoms. The summed E-state index contributed by atoms with van der Waals surface area (Å²) >= 11 is 0. The Hall–Kier alpha value is -2.24. The zero-order valence-electron chi connectivity index (χ0n) is 15.0. The fraction of sp³-hybridized carbons (Fsp3) is 0.579. The average molecular weight is 347 g/mol. The highest BCUT2D eigenvalue weighted by atomic mass is 16.5. The minimum Gasteiger partial charge on any atom is -0.497 e. The van der Waals surface area contributed by atoms with Crippen molar-refractivity contribution >= 4 is 17.5 Å². The second kappa shape index (κ2) is 9.91. The maximum atomic E-state index is 12.3. The first-order valence-corrected chi connectivity index (χ1v) is 9.02. The van der Waals surface area contributed by atoms with Crippen molar-refractivity contribution in [2.45, 2.75) is 38.5 Å². The molecule has 138 valence electrons. The Labute approximate surface area is 149 Å². The van der Waals surface area contributed by atoms with Crippen LogP contribution in [0.5, 0.6) is 5.75 Å². The lowest BCUT2D eigenvalue weighted by Gasteiger charge is -2.25. The molecule has 2 amide bonds. The zero-order valence-corrected chi connectivity index (χ0v) is 15.0. The van der Waals surface area contributed by atoms with E-state index in [-0.39, 0.29) is 24.8 Å². The molecule has 0 heterocycles. The zero-order chi connectivity index (χ0) is 18.1. The molecule has 1 aromatic carbocycles. The largest absolute Gasteiger partial charge is 0.497 e. The maximum Gasteiger partial charge on any atom is 0.239 e. The summed E-state index contributed by atoms with van der Waals surface area (Å²) in [6.07, 6.45) is 6.44. The number of methoxy groups -OCH3 is 1. The van der Waals surface area contributed by atoms with Crippen molar-refractivity contribution in [1.29, 1.82) is 0 Å². The van der Waals surface area contributed by atoms with Gasteiger partial charge in [0.1, 0.15) is 5.75 Å². The molecule has 0 unspecified atom stereocenters. The van der Waals surface area contributed by atoms with E-state index in [1.165, 1.54) is 32.1 Å². The number of carbonyl (C=O) groups is 2. The number of nitrogens with one attached hydrogen (secondary N) is 1. The number of hydrogen-bond donors (Lipinski definition) is 2. The molecule has 2 rings (SSSR count). The molecule has 0 atom stereocenters. The Morgan fingerprint density at radius 3 is 2.48 bits per heavy atom. The van der Waals surface area contributed by atoms with Crippen molar-refractivity contribution in [3.63, 3.8) is 0 Å². The Kier molecular flexibility index (Phi) is 7.57. The highest BCUT2D eigenvalue weighted by Crippen LogP contribution is 2.23. The van der Waals surface area contributed by atoms with E-state index in [1.54, 1.807) is 7.11 Å². The van der Waals surface area contributed by atoms with Gasteiger partial charge in [-0.2, -0.15) is 0 Å². The summed E-state index contributed by atoms with van der Waals surface area (Å²) in [4.78, 5) is 25.3. The average Bonchev–Trinajstić information content (AvgIpc) is 2.64. The van der Waals surface area contributed by atoms with Crippen molar-refractivity contribution in [3.05, 3.63) is 24.3 Å². The third kappa shape index (κ3) is 6.64. The first kappa shape index (κ1) is 19.1. The summed E-state index contributed by atoms with van der Waals surface area (Å²) < 4.78 is 5.16. The molecule has 0 spiro atoms. The van der Waals surface area contributed by atoms with E-state index in [1.807, 2.05) is 29.2 Å². The molecule has 6 heteroatoms. The van der Waals surface area contributed by atoms with Crippen LogP contribution in [0.3, 0.4) is 0 Å². The van der Waals surface area contributed by atoms with Crippen LogP contribution in [0.15, 0.2) is 24.3 Å². The van der Waals surface area contributed by atoms with Gasteiger partial charge in [0.15, 0.2) is 0 Å². The predicted molar refractivity (Wildman–Crippen MR) is 98.6 cm³/mol.